The third-order valence-corrected chi connectivity index (χ3v) is 9.63. The van der Waals surface area contributed by atoms with Gasteiger partial charge in [-0.2, -0.15) is 0 Å². The summed E-state index contributed by atoms with van der Waals surface area (Å²) in [6.45, 7) is 4.72. The van der Waals surface area contributed by atoms with Crippen LogP contribution in [0.25, 0.3) is 55.0 Å². The zero-order valence-corrected chi connectivity index (χ0v) is 25.3. The quantitative estimate of drug-likeness (QED) is 0.207. The Bertz CT molecular complexity index is 2410. The van der Waals surface area contributed by atoms with E-state index in [4.69, 9.17) is 4.42 Å². The average molecular weight is 578 g/mol. The molecule has 0 unspecified atom stereocenters. The molecule has 0 fully saturated rings. The lowest BCUT2D eigenvalue weighted by atomic mass is 9.81. The molecule has 0 aliphatic heterocycles. The maximum atomic E-state index is 6.47. The van der Waals surface area contributed by atoms with E-state index in [9.17, 15) is 0 Å². The maximum absolute atomic E-state index is 6.47. The second kappa shape index (κ2) is 9.70. The average Bonchev–Trinajstić information content (AvgIpc) is 3.58. The van der Waals surface area contributed by atoms with Crippen molar-refractivity contribution in [3.8, 4) is 22.3 Å². The number of hydrogen-bond donors (Lipinski definition) is 0. The topological polar surface area (TPSA) is 16.4 Å². The van der Waals surface area contributed by atoms with Crippen LogP contribution in [-0.4, -0.2) is 0 Å². The second-order valence-electron chi connectivity index (χ2n) is 12.5. The summed E-state index contributed by atoms with van der Waals surface area (Å²) < 4.78 is 6.47. The van der Waals surface area contributed by atoms with Gasteiger partial charge in [-0.15, -0.1) is 0 Å². The lowest BCUT2D eigenvalue weighted by Gasteiger charge is -2.33. The molecule has 214 valence electrons. The molecule has 1 aromatic heterocycles. The van der Waals surface area contributed by atoms with Gasteiger partial charge in [-0.25, -0.2) is 0 Å². The van der Waals surface area contributed by atoms with Crippen LogP contribution in [0.2, 0.25) is 0 Å². The van der Waals surface area contributed by atoms with Gasteiger partial charge < -0.3 is 9.32 Å². The highest BCUT2D eigenvalue weighted by atomic mass is 16.3. The first-order chi connectivity index (χ1) is 22.1. The fraction of sp³-hybridized carbons (Fsp3) is 0.0698. The predicted molar refractivity (Wildman–Crippen MR) is 189 cm³/mol. The largest absolute Gasteiger partial charge is 0.455 e. The molecule has 0 atom stereocenters. The molecule has 0 bridgehead atoms. The molecule has 7 aromatic carbocycles. The highest BCUT2D eigenvalue weighted by Crippen LogP contribution is 2.55. The molecular formula is C43H31NO. The lowest BCUT2D eigenvalue weighted by molar-refractivity contribution is 0.661. The number of fused-ring (bicyclic) bond motifs is 8. The summed E-state index contributed by atoms with van der Waals surface area (Å²) in [5.74, 6) is 0. The normalized spacial score (nSPS) is 13.3. The van der Waals surface area contributed by atoms with Crippen LogP contribution in [0.15, 0.2) is 156 Å². The fourth-order valence-corrected chi connectivity index (χ4v) is 7.58. The zero-order valence-electron chi connectivity index (χ0n) is 25.3. The van der Waals surface area contributed by atoms with Crippen LogP contribution in [0.4, 0.5) is 17.1 Å². The van der Waals surface area contributed by atoms with Crippen molar-refractivity contribution in [2.75, 3.05) is 4.90 Å². The van der Waals surface area contributed by atoms with Crippen molar-refractivity contribution < 1.29 is 4.42 Å². The van der Waals surface area contributed by atoms with E-state index in [1.165, 1.54) is 38.9 Å². The van der Waals surface area contributed by atoms with Gasteiger partial charge in [0, 0.05) is 32.8 Å². The van der Waals surface area contributed by atoms with Gasteiger partial charge in [0.1, 0.15) is 11.2 Å². The van der Waals surface area contributed by atoms with Crippen LogP contribution in [0.1, 0.15) is 25.0 Å². The third-order valence-electron chi connectivity index (χ3n) is 9.63. The van der Waals surface area contributed by atoms with Crippen molar-refractivity contribution >= 4 is 49.8 Å². The standard InChI is InChI=1S/C43H31NO/c1-43(2)37-20-10-8-18-33(37)34-19-12-22-39(41(34)43)44(30-14-4-3-5-15-30)38-21-11-9-16-31(38)29-24-26-40-36(27-29)35-25-23-28-13-6-7-17-32(28)42(35)45-40/h3-27H,1-2H3. The van der Waals surface area contributed by atoms with E-state index in [2.05, 4.69) is 170 Å². The number of hydrogen-bond acceptors (Lipinski definition) is 2. The minimum atomic E-state index is -0.151. The molecular weight excluding hydrogens is 546 g/mol. The molecule has 0 amide bonds. The van der Waals surface area contributed by atoms with Gasteiger partial charge in [0.05, 0.1) is 11.4 Å². The van der Waals surface area contributed by atoms with E-state index in [0.29, 0.717) is 0 Å². The number of rotatable bonds is 4. The van der Waals surface area contributed by atoms with Crippen molar-refractivity contribution in [2.45, 2.75) is 19.3 Å². The number of anilines is 3. The van der Waals surface area contributed by atoms with Gasteiger partial charge in [0.15, 0.2) is 0 Å². The monoisotopic (exact) mass is 577 g/mol. The van der Waals surface area contributed by atoms with Gasteiger partial charge in [0.2, 0.25) is 0 Å². The SMILES string of the molecule is CC1(C)c2ccccc2-c2cccc(N(c3ccccc3)c3ccccc3-c3ccc4oc5c6ccccc6ccc5c4c3)c21. The Balaban J connectivity index is 1.28. The van der Waals surface area contributed by atoms with E-state index in [0.717, 1.165) is 44.3 Å². The summed E-state index contributed by atoms with van der Waals surface area (Å²) in [7, 11) is 0. The van der Waals surface area contributed by atoms with E-state index >= 15 is 0 Å². The Hall–Kier alpha value is -5.60. The Labute approximate surface area is 262 Å². The van der Waals surface area contributed by atoms with Gasteiger partial charge in [-0.05, 0) is 75.7 Å². The first kappa shape index (κ1) is 25.9. The smallest absolute Gasteiger partial charge is 0.143 e. The number of para-hydroxylation sites is 2. The van der Waals surface area contributed by atoms with E-state index in [-0.39, 0.29) is 5.41 Å². The molecule has 45 heavy (non-hydrogen) atoms. The molecule has 8 aromatic rings. The van der Waals surface area contributed by atoms with Crippen molar-refractivity contribution in [1.29, 1.82) is 0 Å². The number of furan rings is 1. The molecule has 2 nitrogen and oxygen atoms in total. The van der Waals surface area contributed by atoms with E-state index in [1.807, 2.05) is 0 Å². The Kier molecular flexibility index (Phi) is 5.58. The molecule has 2 heteroatoms. The van der Waals surface area contributed by atoms with Crippen LogP contribution in [-0.2, 0) is 5.41 Å². The van der Waals surface area contributed by atoms with E-state index in [1.54, 1.807) is 0 Å². The van der Waals surface area contributed by atoms with E-state index < -0.39 is 0 Å². The molecule has 1 aliphatic rings. The second-order valence-corrected chi connectivity index (χ2v) is 12.5. The highest BCUT2D eigenvalue weighted by molar-refractivity contribution is 6.15. The van der Waals surface area contributed by atoms with Crippen molar-refractivity contribution in [2.24, 2.45) is 0 Å². The van der Waals surface area contributed by atoms with Gasteiger partial charge in [-0.1, -0.05) is 123 Å². The Morgan fingerprint density at radius 3 is 2.11 bits per heavy atom. The summed E-state index contributed by atoms with van der Waals surface area (Å²) >= 11 is 0. The Morgan fingerprint density at radius 1 is 0.511 bits per heavy atom. The zero-order chi connectivity index (χ0) is 30.1. The van der Waals surface area contributed by atoms with Crippen LogP contribution >= 0.6 is 0 Å². The first-order valence-corrected chi connectivity index (χ1v) is 15.6. The minimum absolute atomic E-state index is 0.151. The predicted octanol–water partition coefficient (Wildman–Crippen LogP) is 12.2. The van der Waals surface area contributed by atoms with Crippen LogP contribution in [0, 0.1) is 0 Å². The molecule has 0 radical (unpaired) electrons. The molecule has 1 aliphatic carbocycles. The van der Waals surface area contributed by atoms with Crippen LogP contribution in [0.3, 0.4) is 0 Å². The van der Waals surface area contributed by atoms with Crippen LogP contribution < -0.4 is 4.90 Å². The number of nitrogens with zero attached hydrogens (tertiary/aromatic N) is 1. The van der Waals surface area contributed by atoms with Crippen molar-refractivity contribution in [3.05, 3.63) is 163 Å². The molecule has 0 saturated carbocycles. The fourth-order valence-electron chi connectivity index (χ4n) is 7.58. The summed E-state index contributed by atoms with van der Waals surface area (Å²) in [6.07, 6.45) is 0. The first-order valence-electron chi connectivity index (χ1n) is 15.6. The summed E-state index contributed by atoms with van der Waals surface area (Å²) in [5, 5.41) is 4.60. The van der Waals surface area contributed by atoms with Crippen LogP contribution in [0.5, 0.6) is 0 Å². The maximum Gasteiger partial charge on any atom is 0.143 e. The molecule has 0 saturated heterocycles. The molecule has 1 heterocycles. The van der Waals surface area contributed by atoms with Gasteiger partial charge >= 0.3 is 0 Å². The molecule has 0 spiro atoms. The lowest BCUT2D eigenvalue weighted by Crippen LogP contribution is -2.21. The summed E-state index contributed by atoms with van der Waals surface area (Å²) in [5.41, 5.74) is 12.9. The molecule has 0 N–H and O–H groups in total. The molecule has 9 rings (SSSR count). The number of benzene rings is 7. The highest BCUT2D eigenvalue weighted by Gasteiger charge is 2.38. The van der Waals surface area contributed by atoms with Gasteiger partial charge in [-0.3, -0.25) is 0 Å². The summed E-state index contributed by atoms with van der Waals surface area (Å²) in [4.78, 5) is 2.45. The van der Waals surface area contributed by atoms with Crippen molar-refractivity contribution in [3.63, 3.8) is 0 Å². The third kappa shape index (κ3) is 3.82. The van der Waals surface area contributed by atoms with Gasteiger partial charge in [0.25, 0.3) is 0 Å². The minimum Gasteiger partial charge on any atom is -0.455 e. The van der Waals surface area contributed by atoms with Crippen molar-refractivity contribution in [1.82, 2.24) is 0 Å². The summed E-state index contributed by atoms with van der Waals surface area (Å²) in [6, 6.07) is 54.6. The Morgan fingerprint density at radius 2 is 1.22 bits per heavy atom.